The van der Waals surface area contributed by atoms with Gasteiger partial charge >= 0.3 is 5.69 Å². The zero-order chi connectivity index (χ0) is 19.3. The van der Waals surface area contributed by atoms with Gasteiger partial charge < -0.3 is 9.47 Å². The highest BCUT2D eigenvalue weighted by Crippen LogP contribution is 2.31. The van der Waals surface area contributed by atoms with E-state index < -0.39 is 11.2 Å². The first-order valence-corrected chi connectivity index (χ1v) is 9.18. The van der Waals surface area contributed by atoms with E-state index in [1.54, 1.807) is 6.07 Å². The molecule has 3 aromatic rings. The second kappa shape index (κ2) is 6.33. The Morgan fingerprint density at radius 1 is 1.07 bits per heavy atom. The van der Waals surface area contributed by atoms with E-state index in [1.807, 2.05) is 12.1 Å². The zero-order valence-corrected chi connectivity index (χ0v) is 15.0. The summed E-state index contributed by atoms with van der Waals surface area (Å²) in [6, 6.07) is 5.47. The van der Waals surface area contributed by atoms with Gasteiger partial charge in [0, 0.05) is 18.2 Å². The van der Waals surface area contributed by atoms with Crippen LogP contribution in [-0.4, -0.2) is 33.5 Å². The lowest BCUT2D eigenvalue weighted by Crippen LogP contribution is -2.32. The zero-order valence-electron chi connectivity index (χ0n) is 15.0. The Morgan fingerprint density at radius 3 is 2.75 bits per heavy atom. The van der Waals surface area contributed by atoms with Crippen molar-refractivity contribution in [3.8, 4) is 11.5 Å². The molecule has 3 heterocycles. The SMILES string of the molecule is O=C1CCCc2c1cnc1c2c(=O)[nH]c(=O)n1Cc1ccc2c(c1)OCCO2. The van der Waals surface area contributed by atoms with Crippen LogP contribution in [0, 0.1) is 0 Å². The summed E-state index contributed by atoms with van der Waals surface area (Å²) in [7, 11) is 0. The van der Waals surface area contributed by atoms with Gasteiger partial charge in [0.2, 0.25) is 0 Å². The molecule has 2 aromatic heterocycles. The molecule has 1 aromatic carbocycles. The molecule has 0 fully saturated rings. The van der Waals surface area contributed by atoms with Crippen LogP contribution in [0.25, 0.3) is 11.0 Å². The minimum atomic E-state index is -0.540. The summed E-state index contributed by atoms with van der Waals surface area (Å²) < 4.78 is 12.5. The van der Waals surface area contributed by atoms with Crippen molar-refractivity contribution in [3.63, 3.8) is 0 Å². The van der Waals surface area contributed by atoms with Gasteiger partial charge in [-0.3, -0.25) is 19.1 Å². The number of ketones is 1. The smallest absolute Gasteiger partial charge is 0.330 e. The first-order valence-electron chi connectivity index (χ1n) is 9.18. The topological polar surface area (TPSA) is 103 Å². The van der Waals surface area contributed by atoms with Crippen molar-refractivity contribution in [2.45, 2.75) is 25.8 Å². The summed E-state index contributed by atoms with van der Waals surface area (Å²) in [5, 5.41) is 0.322. The third-order valence-corrected chi connectivity index (χ3v) is 5.19. The van der Waals surface area contributed by atoms with Crippen molar-refractivity contribution in [3.05, 3.63) is 61.9 Å². The molecule has 0 saturated carbocycles. The molecule has 0 spiro atoms. The lowest BCUT2D eigenvalue weighted by atomic mass is 9.90. The van der Waals surface area contributed by atoms with Crippen molar-refractivity contribution in [2.75, 3.05) is 13.2 Å². The molecule has 0 amide bonds. The van der Waals surface area contributed by atoms with Crippen molar-refractivity contribution in [1.82, 2.24) is 14.5 Å². The van der Waals surface area contributed by atoms with Crippen LogP contribution in [0.4, 0.5) is 0 Å². The lowest BCUT2D eigenvalue weighted by molar-refractivity contribution is 0.0972. The van der Waals surface area contributed by atoms with Crippen LogP contribution in [0.2, 0.25) is 0 Å². The third kappa shape index (κ3) is 2.60. The standard InChI is InChI=1S/C20H17N3O5/c24-14-3-1-2-12-13(14)9-21-18-17(12)19(25)22-20(26)23(18)10-11-4-5-15-16(8-11)28-7-6-27-15/h4-5,8-9H,1-3,6-7,10H2,(H,22,25,26). The third-order valence-electron chi connectivity index (χ3n) is 5.19. The summed E-state index contributed by atoms with van der Waals surface area (Å²) in [5.74, 6) is 1.28. The Hall–Kier alpha value is -3.42. The van der Waals surface area contributed by atoms with Gasteiger partial charge in [-0.15, -0.1) is 0 Å². The number of Topliss-reactive ketones (excluding diaryl/α,β-unsaturated/α-hetero) is 1. The van der Waals surface area contributed by atoms with Gasteiger partial charge in [0.05, 0.1) is 11.9 Å². The fraction of sp³-hybridized carbons (Fsp3) is 0.300. The van der Waals surface area contributed by atoms with Crippen molar-refractivity contribution < 1.29 is 14.3 Å². The molecule has 8 heteroatoms. The predicted octanol–water partition coefficient (Wildman–Crippen LogP) is 1.42. The first-order chi connectivity index (χ1) is 13.6. The summed E-state index contributed by atoms with van der Waals surface area (Å²) in [5.41, 5.74) is 1.22. The van der Waals surface area contributed by atoms with Crippen LogP contribution in [0.15, 0.2) is 34.0 Å². The lowest BCUT2D eigenvalue weighted by Gasteiger charge is -2.20. The average molecular weight is 379 g/mol. The molecule has 0 atom stereocenters. The number of hydrogen-bond acceptors (Lipinski definition) is 6. The quantitative estimate of drug-likeness (QED) is 0.722. The predicted molar refractivity (Wildman–Crippen MR) is 100 cm³/mol. The number of hydrogen-bond donors (Lipinski definition) is 1. The van der Waals surface area contributed by atoms with E-state index in [4.69, 9.17) is 9.47 Å². The van der Waals surface area contributed by atoms with E-state index in [0.717, 1.165) is 5.56 Å². The molecule has 0 unspecified atom stereocenters. The summed E-state index contributed by atoms with van der Waals surface area (Å²) in [6.07, 6.45) is 3.24. The number of nitrogens with zero attached hydrogens (tertiary/aromatic N) is 2. The maximum absolute atomic E-state index is 12.5. The number of aromatic amines is 1. The van der Waals surface area contributed by atoms with Gasteiger partial charge in [0.1, 0.15) is 18.9 Å². The number of rotatable bonds is 2. The second-order valence-corrected chi connectivity index (χ2v) is 6.95. The number of fused-ring (bicyclic) bond motifs is 4. The number of H-pyrrole nitrogens is 1. The number of pyridine rings is 1. The molecule has 2 aliphatic rings. The summed E-state index contributed by atoms with van der Waals surface area (Å²) in [4.78, 5) is 43.9. The van der Waals surface area contributed by atoms with Gasteiger partial charge in [-0.05, 0) is 36.1 Å². The summed E-state index contributed by atoms with van der Waals surface area (Å²) in [6.45, 7) is 1.19. The number of benzene rings is 1. The van der Waals surface area contributed by atoms with Crippen LogP contribution >= 0.6 is 0 Å². The Balaban J connectivity index is 1.67. The van der Waals surface area contributed by atoms with E-state index in [2.05, 4.69) is 9.97 Å². The van der Waals surface area contributed by atoms with E-state index in [0.29, 0.717) is 60.5 Å². The molecule has 0 saturated heterocycles. The first kappa shape index (κ1) is 16.7. The largest absolute Gasteiger partial charge is 0.486 e. The van der Waals surface area contributed by atoms with Crippen LogP contribution in [0.1, 0.15) is 34.3 Å². The molecule has 0 bridgehead atoms. The number of carbonyl (C=O) groups is 1. The molecule has 1 aliphatic heterocycles. The van der Waals surface area contributed by atoms with Gasteiger partial charge in [-0.2, -0.15) is 0 Å². The molecule has 5 rings (SSSR count). The van der Waals surface area contributed by atoms with Gasteiger partial charge in [0.15, 0.2) is 17.3 Å². The maximum atomic E-state index is 12.5. The van der Waals surface area contributed by atoms with E-state index in [9.17, 15) is 14.4 Å². The van der Waals surface area contributed by atoms with Crippen molar-refractivity contribution in [1.29, 1.82) is 0 Å². The number of ether oxygens (including phenoxy) is 2. The molecule has 8 nitrogen and oxygen atoms in total. The molecular weight excluding hydrogens is 362 g/mol. The second-order valence-electron chi connectivity index (χ2n) is 6.95. The van der Waals surface area contributed by atoms with Crippen molar-refractivity contribution in [2.24, 2.45) is 0 Å². The molecular formula is C20H17N3O5. The summed E-state index contributed by atoms with van der Waals surface area (Å²) >= 11 is 0. The minimum Gasteiger partial charge on any atom is -0.486 e. The van der Waals surface area contributed by atoms with Gasteiger partial charge in [-0.1, -0.05) is 6.07 Å². The highest BCUT2D eigenvalue weighted by atomic mass is 16.6. The average Bonchev–Trinajstić information content (AvgIpc) is 2.70. The number of aromatic nitrogens is 3. The molecule has 142 valence electrons. The fourth-order valence-electron chi connectivity index (χ4n) is 3.88. The Bertz CT molecular complexity index is 1240. The van der Waals surface area contributed by atoms with Crippen LogP contribution in [0.3, 0.4) is 0 Å². The van der Waals surface area contributed by atoms with Gasteiger partial charge in [0.25, 0.3) is 5.56 Å². The maximum Gasteiger partial charge on any atom is 0.330 e. The van der Waals surface area contributed by atoms with E-state index in [-0.39, 0.29) is 18.0 Å². The minimum absolute atomic E-state index is 0.0142. The van der Waals surface area contributed by atoms with Gasteiger partial charge in [-0.25, -0.2) is 9.78 Å². The van der Waals surface area contributed by atoms with Crippen LogP contribution in [-0.2, 0) is 13.0 Å². The molecule has 1 N–H and O–H groups in total. The van der Waals surface area contributed by atoms with E-state index in [1.165, 1.54) is 10.8 Å². The molecule has 1 aliphatic carbocycles. The fourth-order valence-corrected chi connectivity index (χ4v) is 3.88. The van der Waals surface area contributed by atoms with Crippen LogP contribution < -0.4 is 20.7 Å². The molecule has 0 radical (unpaired) electrons. The Morgan fingerprint density at radius 2 is 1.89 bits per heavy atom. The highest BCUT2D eigenvalue weighted by molar-refractivity contribution is 6.01. The Labute approximate surface area is 158 Å². The molecule has 28 heavy (non-hydrogen) atoms. The number of nitrogens with one attached hydrogen (secondary N) is 1. The van der Waals surface area contributed by atoms with Crippen molar-refractivity contribution >= 4 is 16.8 Å². The van der Waals surface area contributed by atoms with Crippen LogP contribution in [0.5, 0.6) is 11.5 Å². The monoisotopic (exact) mass is 379 g/mol. The highest BCUT2D eigenvalue weighted by Gasteiger charge is 2.23. The number of aryl methyl sites for hydroxylation is 1. The van der Waals surface area contributed by atoms with E-state index >= 15 is 0 Å². The number of carbonyl (C=O) groups excluding carboxylic acids is 1. The normalized spacial score (nSPS) is 15.5. The Kier molecular flexibility index (Phi) is 3.78.